The Morgan fingerprint density at radius 1 is 1.08 bits per heavy atom. The summed E-state index contributed by atoms with van der Waals surface area (Å²) in [6.07, 6.45) is 5.67. The second-order valence-electron chi connectivity index (χ2n) is 8.46. The van der Waals surface area contributed by atoms with Gasteiger partial charge in [-0.2, -0.15) is 0 Å². The van der Waals surface area contributed by atoms with Gasteiger partial charge < -0.3 is 9.64 Å². The average Bonchev–Trinajstić information content (AvgIpc) is 3.04. The fourth-order valence-corrected chi connectivity index (χ4v) is 5.29. The van der Waals surface area contributed by atoms with E-state index in [0.717, 1.165) is 47.9 Å². The lowest BCUT2D eigenvalue weighted by Gasteiger charge is -2.22. The van der Waals surface area contributed by atoms with Crippen LogP contribution in [-0.4, -0.2) is 51.4 Å². The Morgan fingerprint density at radius 2 is 1.78 bits per heavy atom. The van der Waals surface area contributed by atoms with Gasteiger partial charge in [-0.25, -0.2) is 0 Å². The molecular formula is C25H24BrN3O6S. The number of hydrogen-bond donors (Lipinski definition) is 0. The van der Waals surface area contributed by atoms with E-state index in [2.05, 4.69) is 15.9 Å². The van der Waals surface area contributed by atoms with Crippen molar-refractivity contribution in [2.24, 2.45) is 0 Å². The molecule has 0 aliphatic carbocycles. The molecule has 11 heteroatoms. The van der Waals surface area contributed by atoms with Crippen LogP contribution in [0.4, 0.5) is 10.5 Å². The minimum absolute atomic E-state index is 0.0139. The number of ether oxygens (including phenoxy) is 1. The molecule has 0 unspecified atom stereocenters. The van der Waals surface area contributed by atoms with E-state index in [4.69, 9.17) is 4.74 Å². The summed E-state index contributed by atoms with van der Waals surface area (Å²) in [7, 11) is 0. The molecular weight excluding hydrogens is 550 g/mol. The Balaban J connectivity index is 1.38. The lowest BCUT2D eigenvalue weighted by atomic mass is 10.2. The number of imide groups is 1. The van der Waals surface area contributed by atoms with Gasteiger partial charge in [-0.1, -0.05) is 18.9 Å². The highest BCUT2D eigenvalue weighted by atomic mass is 79.9. The van der Waals surface area contributed by atoms with Gasteiger partial charge in [0.1, 0.15) is 18.9 Å². The first kappa shape index (κ1) is 25.9. The molecule has 2 saturated heterocycles. The first-order valence-corrected chi connectivity index (χ1v) is 13.1. The van der Waals surface area contributed by atoms with Crippen LogP contribution < -0.4 is 4.74 Å². The van der Waals surface area contributed by atoms with Crippen molar-refractivity contribution in [3.8, 4) is 5.75 Å². The molecule has 0 spiro atoms. The van der Waals surface area contributed by atoms with Gasteiger partial charge in [0.2, 0.25) is 5.91 Å². The van der Waals surface area contributed by atoms with E-state index < -0.39 is 16.1 Å². The number of nitrogens with zero attached hydrogens (tertiary/aromatic N) is 3. The SMILES string of the molecule is O=C(CN1C(=O)SC(=Cc2ccc(OCc3ccc([N+](=O)[O-])cc3)c(Br)c2)C1=O)N1CCCCCC1. The molecule has 2 aliphatic rings. The zero-order chi connectivity index (χ0) is 25.7. The molecule has 2 aliphatic heterocycles. The van der Waals surface area contributed by atoms with Crippen molar-refractivity contribution >= 4 is 56.5 Å². The normalized spacial score (nSPS) is 17.4. The maximum absolute atomic E-state index is 12.9. The van der Waals surface area contributed by atoms with Crippen molar-refractivity contribution in [1.82, 2.24) is 9.80 Å². The smallest absolute Gasteiger partial charge is 0.294 e. The second kappa shape index (κ2) is 11.7. The van der Waals surface area contributed by atoms with Gasteiger partial charge >= 0.3 is 0 Å². The average molecular weight is 574 g/mol. The minimum atomic E-state index is -0.470. The largest absolute Gasteiger partial charge is 0.488 e. The van der Waals surface area contributed by atoms with Crippen LogP contribution in [0.3, 0.4) is 0 Å². The lowest BCUT2D eigenvalue weighted by Crippen LogP contribution is -2.42. The third kappa shape index (κ3) is 6.33. The van der Waals surface area contributed by atoms with E-state index in [1.54, 1.807) is 41.3 Å². The Bertz CT molecular complexity index is 1210. The van der Waals surface area contributed by atoms with Crippen LogP contribution in [0.1, 0.15) is 36.8 Å². The van der Waals surface area contributed by atoms with Crippen molar-refractivity contribution in [2.75, 3.05) is 19.6 Å². The highest BCUT2D eigenvalue weighted by molar-refractivity contribution is 9.10. The molecule has 4 rings (SSSR count). The monoisotopic (exact) mass is 573 g/mol. The molecule has 0 saturated carbocycles. The van der Waals surface area contributed by atoms with Crippen LogP contribution in [0.2, 0.25) is 0 Å². The number of carbonyl (C=O) groups excluding carboxylic acids is 3. The molecule has 0 atom stereocenters. The fraction of sp³-hybridized carbons (Fsp3) is 0.320. The number of thioether (sulfide) groups is 1. The number of nitro groups is 1. The number of amides is 3. The summed E-state index contributed by atoms with van der Waals surface area (Å²) in [6.45, 7) is 1.32. The number of halogens is 1. The maximum Gasteiger partial charge on any atom is 0.294 e. The summed E-state index contributed by atoms with van der Waals surface area (Å²) in [6, 6.07) is 11.4. The first-order chi connectivity index (χ1) is 17.3. The van der Waals surface area contributed by atoms with Gasteiger partial charge in [0.05, 0.1) is 14.3 Å². The molecule has 3 amide bonds. The molecule has 0 radical (unpaired) electrons. The minimum Gasteiger partial charge on any atom is -0.488 e. The maximum atomic E-state index is 12.9. The van der Waals surface area contributed by atoms with E-state index in [9.17, 15) is 24.5 Å². The summed E-state index contributed by atoms with van der Waals surface area (Å²) in [5.74, 6) is -0.109. The van der Waals surface area contributed by atoms with Gasteiger partial charge in [0, 0.05) is 25.2 Å². The van der Waals surface area contributed by atoms with E-state index in [1.165, 1.54) is 12.1 Å². The van der Waals surface area contributed by atoms with E-state index >= 15 is 0 Å². The van der Waals surface area contributed by atoms with Crippen LogP contribution in [0.15, 0.2) is 51.8 Å². The number of benzene rings is 2. The molecule has 2 heterocycles. The Kier molecular flexibility index (Phi) is 8.42. The molecule has 0 bridgehead atoms. The predicted molar refractivity (Wildman–Crippen MR) is 139 cm³/mol. The first-order valence-electron chi connectivity index (χ1n) is 11.5. The second-order valence-corrected chi connectivity index (χ2v) is 10.3. The fourth-order valence-electron chi connectivity index (χ4n) is 3.94. The van der Waals surface area contributed by atoms with Crippen LogP contribution in [-0.2, 0) is 16.2 Å². The van der Waals surface area contributed by atoms with Crippen LogP contribution >= 0.6 is 27.7 Å². The van der Waals surface area contributed by atoms with Crippen LogP contribution in [0, 0.1) is 10.1 Å². The number of hydrogen-bond acceptors (Lipinski definition) is 7. The van der Waals surface area contributed by atoms with Crippen molar-refractivity contribution in [1.29, 1.82) is 0 Å². The predicted octanol–water partition coefficient (Wildman–Crippen LogP) is 5.38. The zero-order valence-electron chi connectivity index (χ0n) is 19.4. The van der Waals surface area contributed by atoms with Gasteiger partial charge in [-0.15, -0.1) is 0 Å². The Morgan fingerprint density at radius 3 is 2.42 bits per heavy atom. The summed E-state index contributed by atoms with van der Waals surface area (Å²) in [4.78, 5) is 51.3. The van der Waals surface area contributed by atoms with Crippen molar-refractivity contribution < 1.29 is 24.0 Å². The lowest BCUT2D eigenvalue weighted by molar-refractivity contribution is -0.384. The Hall–Kier alpha value is -3.18. The number of non-ortho nitro benzene ring substituents is 1. The highest BCUT2D eigenvalue weighted by Crippen LogP contribution is 2.34. The molecule has 188 valence electrons. The topological polar surface area (TPSA) is 110 Å². The van der Waals surface area contributed by atoms with Crippen molar-refractivity contribution in [3.05, 3.63) is 73.1 Å². The molecule has 2 fully saturated rings. The quantitative estimate of drug-likeness (QED) is 0.248. The summed E-state index contributed by atoms with van der Waals surface area (Å²) in [5.41, 5.74) is 1.48. The summed E-state index contributed by atoms with van der Waals surface area (Å²) in [5, 5.41) is 10.3. The van der Waals surface area contributed by atoms with E-state index in [1.807, 2.05) is 0 Å². The summed E-state index contributed by atoms with van der Waals surface area (Å²) < 4.78 is 6.45. The Labute approximate surface area is 220 Å². The zero-order valence-corrected chi connectivity index (χ0v) is 21.8. The number of likely N-dealkylation sites (tertiary alicyclic amines) is 1. The highest BCUT2D eigenvalue weighted by Gasteiger charge is 2.37. The number of rotatable bonds is 7. The number of nitro benzene ring substituents is 1. The van der Waals surface area contributed by atoms with Crippen LogP contribution in [0.5, 0.6) is 5.75 Å². The van der Waals surface area contributed by atoms with Gasteiger partial charge in [-0.05, 0) is 82.0 Å². The molecule has 2 aromatic rings. The standard InChI is InChI=1S/C25H24BrN3O6S/c26-20-13-18(7-10-21(20)35-16-17-5-8-19(9-6-17)29(33)34)14-22-24(31)28(25(32)36-22)15-23(30)27-11-3-1-2-4-12-27/h5-10,13-14H,1-4,11-12,15-16H2. The molecule has 0 aromatic heterocycles. The van der Waals surface area contributed by atoms with Crippen molar-refractivity contribution in [3.63, 3.8) is 0 Å². The molecule has 36 heavy (non-hydrogen) atoms. The van der Waals surface area contributed by atoms with Gasteiger partial charge in [0.25, 0.3) is 16.8 Å². The van der Waals surface area contributed by atoms with Gasteiger partial charge in [0.15, 0.2) is 0 Å². The van der Waals surface area contributed by atoms with Gasteiger partial charge in [-0.3, -0.25) is 29.4 Å². The van der Waals surface area contributed by atoms with Crippen molar-refractivity contribution in [2.45, 2.75) is 32.3 Å². The summed E-state index contributed by atoms with van der Waals surface area (Å²) >= 11 is 4.28. The van der Waals surface area contributed by atoms with E-state index in [-0.39, 0.29) is 29.7 Å². The van der Waals surface area contributed by atoms with E-state index in [0.29, 0.717) is 28.9 Å². The molecule has 2 aromatic carbocycles. The third-order valence-electron chi connectivity index (χ3n) is 5.92. The molecule has 0 N–H and O–H groups in total. The number of carbonyl (C=O) groups is 3. The molecule has 9 nitrogen and oxygen atoms in total. The third-order valence-corrected chi connectivity index (χ3v) is 7.45. The van der Waals surface area contributed by atoms with Crippen LogP contribution in [0.25, 0.3) is 6.08 Å².